The predicted octanol–water partition coefficient (Wildman–Crippen LogP) is 0.518. The van der Waals surface area contributed by atoms with Crippen LogP contribution in [-0.2, 0) is 16.6 Å². The summed E-state index contributed by atoms with van der Waals surface area (Å²) in [5.74, 6) is -0.272. The Bertz CT molecular complexity index is 651. The fourth-order valence-electron chi connectivity index (χ4n) is 2.69. The first-order chi connectivity index (χ1) is 10.7. The fraction of sp³-hybridized carbons (Fsp3) is 0.600. The summed E-state index contributed by atoms with van der Waals surface area (Å²) in [6.45, 7) is 1.04. The van der Waals surface area contributed by atoms with E-state index in [2.05, 4.69) is 0 Å². The molecule has 0 aliphatic carbocycles. The number of methoxy groups -OCH3 is 1. The van der Waals surface area contributed by atoms with E-state index in [0.717, 1.165) is 4.31 Å². The van der Waals surface area contributed by atoms with Crippen molar-refractivity contribution in [1.82, 2.24) is 9.21 Å². The maximum atomic E-state index is 13.9. The van der Waals surface area contributed by atoms with Gasteiger partial charge >= 0.3 is 0 Å². The van der Waals surface area contributed by atoms with E-state index in [9.17, 15) is 17.9 Å². The molecule has 1 heterocycles. The largest absolute Gasteiger partial charge is 0.497 e. The van der Waals surface area contributed by atoms with E-state index in [1.165, 1.54) is 27.3 Å². The fourth-order valence-corrected chi connectivity index (χ4v) is 3.86. The van der Waals surface area contributed by atoms with Gasteiger partial charge in [-0.1, -0.05) is 0 Å². The minimum atomic E-state index is -3.38. The van der Waals surface area contributed by atoms with Crippen LogP contribution in [0, 0.1) is 11.7 Å². The van der Waals surface area contributed by atoms with Crippen molar-refractivity contribution in [3.8, 4) is 5.75 Å². The van der Waals surface area contributed by atoms with Crippen molar-refractivity contribution in [1.29, 1.82) is 0 Å². The number of β-amino-alcohol motifs (C(OH)–C–C–N with tert-alkyl or cyclic N) is 1. The summed E-state index contributed by atoms with van der Waals surface area (Å²) in [7, 11) is 1.08. The maximum absolute atomic E-state index is 13.9. The van der Waals surface area contributed by atoms with Crippen molar-refractivity contribution >= 4 is 10.0 Å². The standard InChI is InChI=1S/C15H23FN2O4S/c1-17(2)23(20,21)10-12-8-18(9-15(12)19)7-11-6-13(22-3)4-5-14(11)16/h4-6,12,15,19H,7-10H2,1-3H3. The molecule has 6 nitrogen and oxygen atoms in total. The number of benzene rings is 1. The van der Waals surface area contributed by atoms with Gasteiger partial charge in [-0.25, -0.2) is 17.1 Å². The molecule has 0 radical (unpaired) electrons. The zero-order chi connectivity index (χ0) is 17.2. The minimum Gasteiger partial charge on any atom is -0.497 e. The van der Waals surface area contributed by atoms with E-state index in [0.29, 0.717) is 30.9 Å². The van der Waals surface area contributed by atoms with Crippen molar-refractivity contribution in [3.63, 3.8) is 0 Å². The number of hydrogen-bond donors (Lipinski definition) is 1. The molecular weight excluding hydrogens is 323 g/mol. The summed E-state index contributed by atoms with van der Waals surface area (Å²) >= 11 is 0. The van der Waals surface area contributed by atoms with Crippen molar-refractivity contribution in [2.75, 3.05) is 40.0 Å². The van der Waals surface area contributed by atoms with E-state index in [4.69, 9.17) is 4.74 Å². The molecule has 1 aromatic rings. The third kappa shape index (κ3) is 4.41. The molecule has 130 valence electrons. The Morgan fingerprint density at radius 2 is 2.09 bits per heavy atom. The number of sulfonamides is 1. The van der Waals surface area contributed by atoms with Gasteiger partial charge in [0.15, 0.2) is 0 Å². The summed E-state index contributed by atoms with van der Waals surface area (Å²) in [6, 6.07) is 4.50. The lowest BCUT2D eigenvalue weighted by Crippen LogP contribution is -2.33. The van der Waals surface area contributed by atoms with Gasteiger partial charge < -0.3 is 9.84 Å². The molecule has 1 aromatic carbocycles. The molecular formula is C15H23FN2O4S. The number of aliphatic hydroxyl groups excluding tert-OH is 1. The second kappa shape index (κ2) is 7.12. The number of hydrogen-bond acceptors (Lipinski definition) is 5. The molecule has 0 bridgehead atoms. The molecule has 2 unspecified atom stereocenters. The Kier molecular flexibility index (Phi) is 5.61. The van der Waals surface area contributed by atoms with Gasteiger partial charge in [0.25, 0.3) is 0 Å². The molecule has 8 heteroatoms. The van der Waals surface area contributed by atoms with Gasteiger partial charge in [-0.05, 0) is 18.2 Å². The topological polar surface area (TPSA) is 70.1 Å². The Labute approximate surface area is 136 Å². The number of rotatable bonds is 6. The molecule has 23 heavy (non-hydrogen) atoms. The van der Waals surface area contributed by atoms with Crippen LogP contribution in [0.2, 0.25) is 0 Å². The molecule has 0 amide bonds. The summed E-state index contributed by atoms with van der Waals surface area (Å²) < 4.78 is 44.0. The second-order valence-corrected chi connectivity index (χ2v) is 8.27. The highest BCUT2D eigenvalue weighted by Gasteiger charge is 2.35. The summed E-state index contributed by atoms with van der Waals surface area (Å²) in [5.41, 5.74) is 0.465. The molecule has 0 aromatic heterocycles. The number of halogens is 1. The first kappa shape index (κ1) is 18.1. The Morgan fingerprint density at radius 1 is 1.39 bits per heavy atom. The smallest absolute Gasteiger partial charge is 0.214 e. The number of likely N-dealkylation sites (tertiary alicyclic amines) is 1. The van der Waals surface area contributed by atoms with Gasteiger partial charge in [-0.3, -0.25) is 4.90 Å². The summed E-state index contributed by atoms with van der Waals surface area (Å²) in [5, 5.41) is 10.1. The van der Waals surface area contributed by atoms with E-state index < -0.39 is 16.1 Å². The normalized spacial score (nSPS) is 22.7. The zero-order valence-electron chi connectivity index (χ0n) is 13.6. The van der Waals surface area contributed by atoms with Crippen LogP contribution in [-0.4, -0.2) is 68.9 Å². The summed E-state index contributed by atoms with van der Waals surface area (Å²) in [4.78, 5) is 1.86. The van der Waals surface area contributed by atoms with Gasteiger partial charge in [0, 0.05) is 45.2 Å². The van der Waals surface area contributed by atoms with Crippen molar-refractivity contribution < 1.29 is 22.7 Å². The van der Waals surface area contributed by atoms with Crippen LogP contribution >= 0.6 is 0 Å². The second-order valence-electron chi connectivity index (χ2n) is 6.04. The van der Waals surface area contributed by atoms with Crippen LogP contribution in [0.1, 0.15) is 5.56 Å². The average Bonchev–Trinajstić information content (AvgIpc) is 2.80. The molecule has 2 rings (SSSR count). The van der Waals surface area contributed by atoms with E-state index in [1.807, 2.05) is 4.90 Å². The third-order valence-corrected chi connectivity index (χ3v) is 6.07. The SMILES string of the molecule is COc1ccc(F)c(CN2CC(O)C(CS(=O)(=O)N(C)C)C2)c1. The van der Waals surface area contributed by atoms with E-state index in [1.54, 1.807) is 12.1 Å². The molecule has 1 aliphatic rings. The van der Waals surface area contributed by atoms with Crippen LogP contribution in [0.3, 0.4) is 0 Å². The number of nitrogens with zero attached hydrogens (tertiary/aromatic N) is 2. The highest BCUT2D eigenvalue weighted by Crippen LogP contribution is 2.24. The molecule has 2 atom stereocenters. The highest BCUT2D eigenvalue weighted by atomic mass is 32.2. The van der Waals surface area contributed by atoms with Crippen molar-refractivity contribution in [3.05, 3.63) is 29.6 Å². The van der Waals surface area contributed by atoms with Gasteiger partial charge in [0.1, 0.15) is 11.6 Å². The molecule has 1 fully saturated rings. The number of ether oxygens (including phenoxy) is 1. The first-order valence-electron chi connectivity index (χ1n) is 7.36. The lowest BCUT2D eigenvalue weighted by atomic mass is 10.1. The van der Waals surface area contributed by atoms with Gasteiger partial charge in [0.05, 0.1) is 19.0 Å². The lowest BCUT2D eigenvalue weighted by molar-refractivity contribution is 0.148. The van der Waals surface area contributed by atoms with Crippen molar-refractivity contribution in [2.24, 2.45) is 5.92 Å². The van der Waals surface area contributed by atoms with Gasteiger partial charge in [-0.2, -0.15) is 0 Å². The van der Waals surface area contributed by atoms with Crippen LogP contribution in [0.15, 0.2) is 18.2 Å². The average molecular weight is 346 g/mol. The van der Waals surface area contributed by atoms with Crippen LogP contribution in [0.25, 0.3) is 0 Å². The van der Waals surface area contributed by atoms with Crippen molar-refractivity contribution in [2.45, 2.75) is 12.6 Å². The molecule has 0 saturated carbocycles. The quantitative estimate of drug-likeness (QED) is 0.813. The molecule has 0 spiro atoms. The lowest BCUT2D eigenvalue weighted by Gasteiger charge is -2.18. The Morgan fingerprint density at radius 3 is 2.70 bits per heavy atom. The predicted molar refractivity (Wildman–Crippen MR) is 85.2 cm³/mol. The molecule has 1 N–H and O–H groups in total. The molecule has 1 saturated heterocycles. The zero-order valence-corrected chi connectivity index (χ0v) is 14.4. The molecule has 1 aliphatic heterocycles. The first-order valence-corrected chi connectivity index (χ1v) is 8.97. The van der Waals surface area contributed by atoms with Gasteiger partial charge in [-0.15, -0.1) is 0 Å². The van der Waals surface area contributed by atoms with Crippen LogP contribution in [0.4, 0.5) is 4.39 Å². The highest BCUT2D eigenvalue weighted by molar-refractivity contribution is 7.89. The summed E-state index contributed by atoms with van der Waals surface area (Å²) in [6.07, 6.45) is -0.738. The Balaban J connectivity index is 2.04. The van der Waals surface area contributed by atoms with E-state index >= 15 is 0 Å². The Hall–Kier alpha value is -1.22. The monoisotopic (exact) mass is 346 g/mol. The third-order valence-electron chi connectivity index (χ3n) is 4.11. The number of aliphatic hydroxyl groups is 1. The van der Waals surface area contributed by atoms with Crippen LogP contribution < -0.4 is 4.74 Å². The maximum Gasteiger partial charge on any atom is 0.214 e. The van der Waals surface area contributed by atoms with Gasteiger partial charge in [0.2, 0.25) is 10.0 Å². The van der Waals surface area contributed by atoms with Crippen LogP contribution in [0.5, 0.6) is 5.75 Å². The van der Waals surface area contributed by atoms with E-state index in [-0.39, 0.29) is 17.5 Å². The minimum absolute atomic E-state index is 0.113.